The molecule has 3 N–H and O–H groups in total. The predicted molar refractivity (Wildman–Crippen MR) is 107 cm³/mol. The van der Waals surface area contributed by atoms with Crippen molar-refractivity contribution in [3.05, 3.63) is 29.8 Å². The molecule has 0 heterocycles. The molecular weight excluding hydrogens is 308 g/mol. The van der Waals surface area contributed by atoms with Crippen molar-refractivity contribution in [3.63, 3.8) is 0 Å². The van der Waals surface area contributed by atoms with E-state index < -0.39 is 0 Å². The summed E-state index contributed by atoms with van der Waals surface area (Å²) in [5, 5.41) is 3.38. The molecule has 0 saturated heterocycles. The second-order valence-corrected chi connectivity index (χ2v) is 8.13. The number of rotatable bonds is 9. The van der Waals surface area contributed by atoms with Gasteiger partial charge in [0.2, 0.25) is 0 Å². The molecule has 0 amide bonds. The van der Waals surface area contributed by atoms with Crippen LogP contribution in [0.15, 0.2) is 24.3 Å². The molecule has 0 aromatic heterocycles. The van der Waals surface area contributed by atoms with Crippen LogP contribution in [0.3, 0.4) is 0 Å². The smallest absolute Gasteiger partial charge is 0.136 e. The fourth-order valence-electron chi connectivity index (χ4n) is 4.33. The molecule has 0 spiro atoms. The second-order valence-electron chi connectivity index (χ2n) is 8.13. The van der Waals surface area contributed by atoms with Crippen molar-refractivity contribution in [2.45, 2.75) is 59.3 Å². The Kier molecular flexibility index (Phi) is 7.95. The number of hydrogen-bond donors (Lipinski definition) is 2. The first-order valence-corrected chi connectivity index (χ1v) is 10.1. The molecule has 3 nitrogen and oxygen atoms in total. The van der Waals surface area contributed by atoms with Gasteiger partial charge < -0.3 is 11.1 Å². The van der Waals surface area contributed by atoms with Crippen LogP contribution in [0.25, 0.3) is 0 Å². The number of para-hydroxylation sites is 1. The van der Waals surface area contributed by atoms with Crippen LogP contribution in [0.4, 0.5) is 5.69 Å². The van der Waals surface area contributed by atoms with Crippen molar-refractivity contribution in [1.29, 1.82) is 0 Å². The number of carbonyl (C=O) groups excluding carboxylic acids is 1. The topological polar surface area (TPSA) is 55.1 Å². The van der Waals surface area contributed by atoms with Gasteiger partial charge in [-0.25, -0.2) is 0 Å². The molecule has 0 radical (unpaired) electrons. The third-order valence-electron chi connectivity index (χ3n) is 5.78. The molecule has 1 fully saturated rings. The molecule has 2 rings (SSSR count). The molecule has 0 bridgehead atoms. The van der Waals surface area contributed by atoms with Crippen LogP contribution in [0, 0.1) is 23.7 Å². The summed E-state index contributed by atoms with van der Waals surface area (Å²) < 4.78 is 0. The summed E-state index contributed by atoms with van der Waals surface area (Å²) in [7, 11) is 0. The molecule has 3 atom stereocenters. The first-order valence-electron chi connectivity index (χ1n) is 10.1. The Morgan fingerprint density at radius 1 is 1.28 bits per heavy atom. The molecular formula is C22H36N2O. The third kappa shape index (κ3) is 5.85. The number of aryl methyl sites for hydroxylation is 1. The number of carbonyl (C=O) groups is 1. The van der Waals surface area contributed by atoms with Gasteiger partial charge in [0.05, 0.1) is 0 Å². The molecule has 3 heteroatoms. The Bertz CT molecular complexity index is 541. The Balaban J connectivity index is 1.89. The van der Waals surface area contributed by atoms with Gasteiger partial charge >= 0.3 is 0 Å². The van der Waals surface area contributed by atoms with Gasteiger partial charge in [0.15, 0.2) is 0 Å². The number of anilines is 1. The molecule has 0 unspecified atom stereocenters. The zero-order valence-electron chi connectivity index (χ0n) is 16.3. The normalized spacial score (nSPS) is 23.6. The maximum atomic E-state index is 12.9. The summed E-state index contributed by atoms with van der Waals surface area (Å²) in [5.74, 6) is 2.68. The van der Waals surface area contributed by atoms with Gasteiger partial charge in [0, 0.05) is 31.1 Å². The van der Waals surface area contributed by atoms with E-state index in [0.717, 1.165) is 31.5 Å². The van der Waals surface area contributed by atoms with Gasteiger partial charge in [-0.2, -0.15) is 0 Å². The summed E-state index contributed by atoms with van der Waals surface area (Å²) in [6.45, 7) is 8.27. The molecule has 0 aliphatic heterocycles. The van der Waals surface area contributed by atoms with Gasteiger partial charge in [-0.05, 0) is 55.1 Å². The Morgan fingerprint density at radius 2 is 2.04 bits per heavy atom. The van der Waals surface area contributed by atoms with E-state index in [1.165, 1.54) is 18.4 Å². The van der Waals surface area contributed by atoms with E-state index in [-0.39, 0.29) is 5.92 Å². The van der Waals surface area contributed by atoms with E-state index in [1.807, 2.05) is 6.07 Å². The molecule has 140 valence electrons. The highest BCUT2D eigenvalue weighted by Gasteiger charge is 2.34. The fourth-order valence-corrected chi connectivity index (χ4v) is 4.33. The van der Waals surface area contributed by atoms with Gasteiger partial charge in [-0.15, -0.1) is 0 Å². The highest BCUT2D eigenvalue weighted by molar-refractivity contribution is 5.81. The zero-order valence-corrected chi connectivity index (χ0v) is 16.3. The van der Waals surface area contributed by atoms with Crippen LogP contribution in [0.2, 0.25) is 0 Å². The highest BCUT2D eigenvalue weighted by atomic mass is 16.1. The highest BCUT2D eigenvalue weighted by Crippen LogP contribution is 2.39. The van der Waals surface area contributed by atoms with Crippen molar-refractivity contribution >= 4 is 11.5 Å². The van der Waals surface area contributed by atoms with Crippen LogP contribution in [0.5, 0.6) is 0 Å². The summed E-state index contributed by atoms with van der Waals surface area (Å²) in [4.78, 5) is 12.9. The van der Waals surface area contributed by atoms with Crippen LogP contribution in [0.1, 0.15) is 58.4 Å². The van der Waals surface area contributed by atoms with Gasteiger partial charge in [-0.3, -0.25) is 4.79 Å². The summed E-state index contributed by atoms with van der Waals surface area (Å²) in [5.41, 5.74) is 8.04. The van der Waals surface area contributed by atoms with E-state index >= 15 is 0 Å². The van der Waals surface area contributed by atoms with Crippen molar-refractivity contribution in [2.75, 3.05) is 18.4 Å². The van der Waals surface area contributed by atoms with E-state index in [1.54, 1.807) is 0 Å². The number of ketones is 1. The van der Waals surface area contributed by atoms with E-state index in [4.69, 9.17) is 5.73 Å². The lowest BCUT2D eigenvalue weighted by Crippen LogP contribution is -2.33. The zero-order chi connectivity index (χ0) is 18.2. The minimum Gasteiger partial charge on any atom is -0.384 e. The van der Waals surface area contributed by atoms with Crippen molar-refractivity contribution in [2.24, 2.45) is 29.4 Å². The Labute approximate surface area is 153 Å². The minimum absolute atomic E-state index is 0.286. The lowest BCUT2D eigenvalue weighted by atomic mass is 9.68. The fraction of sp³-hybridized carbons (Fsp3) is 0.682. The largest absolute Gasteiger partial charge is 0.384 e. The summed E-state index contributed by atoms with van der Waals surface area (Å²) >= 11 is 0. The van der Waals surface area contributed by atoms with Gasteiger partial charge in [0.25, 0.3) is 0 Å². The molecule has 1 aliphatic carbocycles. The van der Waals surface area contributed by atoms with Crippen LogP contribution < -0.4 is 11.1 Å². The van der Waals surface area contributed by atoms with Crippen LogP contribution >= 0.6 is 0 Å². The summed E-state index contributed by atoms with van der Waals surface area (Å²) in [6, 6.07) is 8.37. The van der Waals surface area contributed by atoms with Crippen molar-refractivity contribution < 1.29 is 4.79 Å². The lowest BCUT2D eigenvalue weighted by Gasteiger charge is -2.36. The minimum atomic E-state index is 0.286. The van der Waals surface area contributed by atoms with Gasteiger partial charge in [0.1, 0.15) is 5.78 Å². The molecule has 1 aliphatic rings. The maximum absolute atomic E-state index is 12.9. The monoisotopic (exact) mass is 344 g/mol. The number of nitrogens with two attached hydrogens (primary N) is 1. The first-order chi connectivity index (χ1) is 12.0. The van der Waals surface area contributed by atoms with E-state index in [9.17, 15) is 4.79 Å². The number of nitrogens with one attached hydrogen (secondary N) is 1. The predicted octanol–water partition coefficient (Wildman–Crippen LogP) is 4.66. The van der Waals surface area contributed by atoms with Gasteiger partial charge in [-0.1, -0.05) is 45.4 Å². The maximum Gasteiger partial charge on any atom is 0.136 e. The van der Waals surface area contributed by atoms with E-state index in [0.29, 0.717) is 36.5 Å². The molecule has 1 aromatic rings. The van der Waals surface area contributed by atoms with Crippen LogP contribution in [-0.2, 0) is 11.2 Å². The SMILES string of the molecule is CC(C)[C@@H]1CC[C@@H](C)C[C@H]1C(=O)CCCc1ccccc1NCCN. The number of benzene rings is 1. The third-order valence-corrected chi connectivity index (χ3v) is 5.78. The molecule has 1 aromatic carbocycles. The average molecular weight is 345 g/mol. The van der Waals surface area contributed by atoms with E-state index in [2.05, 4.69) is 44.3 Å². The Morgan fingerprint density at radius 3 is 2.76 bits per heavy atom. The summed E-state index contributed by atoms with van der Waals surface area (Å²) in [6.07, 6.45) is 6.21. The number of hydrogen-bond acceptors (Lipinski definition) is 3. The average Bonchev–Trinajstić information content (AvgIpc) is 2.60. The Hall–Kier alpha value is -1.35. The first kappa shape index (κ1) is 20.0. The van der Waals surface area contributed by atoms with Crippen molar-refractivity contribution in [3.8, 4) is 0 Å². The standard InChI is InChI=1S/C22H36N2O/c1-16(2)19-12-11-17(3)15-20(19)22(25)10-6-8-18-7-4-5-9-21(18)24-14-13-23/h4-5,7,9,16-17,19-20,24H,6,8,10-15,23H2,1-3H3/t17-,19+,20-/m1/s1. The quantitative estimate of drug-likeness (QED) is 0.685. The second kappa shape index (κ2) is 9.96. The lowest BCUT2D eigenvalue weighted by molar-refractivity contribution is -0.127. The molecule has 1 saturated carbocycles. The molecule has 25 heavy (non-hydrogen) atoms. The number of Topliss-reactive ketones (excluding diaryl/α,β-unsaturated/α-hetero) is 1. The van der Waals surface area contributed by atoms with Crippen molar-refractivity contribution in [1.82, 2.24) is 0 Å². The van der Waals surface area contributed by atoms with Crippen LogP contribution in [-0.4, -0.2) is 18.9 Å².